The van der Waals surface area contributed by atoms with Crippen LogP contribution in [0.25, 0.3) is 0 Å². The van der Waals surface area contributed by atoms with Crippen molar-refractivity contribution in [1.29, 1.82) is 0 Å². The molecule has 2 unspecified atom stereocenters. The summed E-state index contributed by atoms with van der Waals surface area (Å²) in [5.74, 6) is 0.586. The molecule has 1 aliphatic heterocycles. The molecule has 0 spiro atoms. The molecule has 1 fully saturated rings. The summed E-state index contributed by atoms with van der Waals surface area (Å²) in [4.78, 5) is 7.24. The minimum absolute atomic E-state index is 0.158. The maximum Gasteiger partial charge on any atom is 0.107 e. The normalized spacial score (nSPS) is 26.5. The number of hydrogen-bond donors (Lipinski definition) is 0. The molecule has 1 aromatic rings. The molecule has 18 heavy (non-hydrogen) atoms. The lowest BCUT2D eigenvalue weighted by molar-refractivity contribution is 0.179. The van der Waals surface area contributed by atoms with Crippen LogP contribution in [0.2, 0.25) is 0 Å². The van der Waals surface area contributed by atoms with Gasteiger partial charge >= 0.3 is 0 Å². The summed E-state index contributed by atoms with van der Waals surface area (Å²) < 4.78 is 0. The van der Waals surface area contributed by atoms with E-state index in [0.717, 1.165) is 26.1 Å². The molecule has 0 radical (unpaired) electrons. The van der Waals surface area contributed by atoms with E-state index in [1.54, 1.807) is 11.3 Å². The Morgan fingerprint density at radius 2 is 2.22 bits per heavy atom. The van der Waals surface area contributed by atoms with Crippen molar-refractivity contribution in [3.63, 3.8) is 0 Å². The molecule has 1 aromatic heterocycles. The fourth-order valence-electron chi connectivity index (χ4n) is 2.27. The Morgan fingerprint density at radius 3 is 2.78 bits per heavy atom. The number of piperidine rings is 1. The number of nitrogens with zero attached hydrogens (tertiary/aromatic N) is 2. The molecule has 0 bridgehead atoms. The lowest BCUT2D eigenvalue weighted by Crippen LogP contribution is -2.39. The second-order valence-electron chi connectivity index (χ2n) is 6.39. The summed E-state index contributed by atoms with van der Waals surface area (Å²) in [6.07, 6.45) is 1.10. The first-order chi connectivity index (χ1) is 8.36. The molecule has 2 nitrogen and oxygen atoms in total. The number of aromatic nitrogens is 1. The Balaban J connectivity index is 1.96. The summed E-state index contributed by atoms with van der Waals surface area (Å²) in [6.45, 7) is 12.1. The Bertz CT molecular complexity index is 397. The zero-order valence-corrected chi connectivity index (χ0v) is 13.3. The van der Waals surface area contributed by atoms with Crippen molar-refractivity contribution in [2.45, 2.75) is 51.5 Å². The Labute approximate surface area is 119 Å². The molecule has 2 rings (SSSR count). The molecule has 1 aliphatic rings. The highest BCUT2D eigenvalue weighted by Gasteiger charge is 2.25. The van der Waals surface area contributed by atoms with Gasteiger partial charge in [0.2, 0.25) is 0 Å². The first-order valence-electron chi connectivity index (χ1n) is 6.67. The average Bonchev–Trinajstić information content (AvgIpc) is 2.72. The van der Waals surface area contributed by atoms with Gasteiger partial charge in [-0.3, -0.25) is 4.90 Å². The van der Waals surface area contributed by atoms with Crippen molar-refractivity contribution in [3.8, 4) is 0 Å². The highest BCUT2D eigenvalue weighted by atomic mass is 35.5. The molecular weight excluding hydrogens is 264 g/mol. The molecule has 102 valence electrons. The average molecular weight is 287 g/mol. The van der Waals surface area contributed by atoms with Crippen LogP contribution in [-0.2, 0) is 12.0 Å². The number of rotatable bonds is 2. The molecule has 0 N–H and O–H groups in total. The standard InChI is InChI=1S/C14H23ClN2S/c1-10-7-17(6-5-11(10)15)8-13-16-12(9-18-13)14(2,3)4/h9-11H,5-8H2,1-4H3. The Hall–Kier alpha value is -0.120. The van der Waals surface area contributed by atoms with Gasteiger partial charge in [-0.2, -0.15) is 0 Å². The van der Waals surface area contributed by atoms with Crippen molar-refractivity contribution < 1.29 is 0 Å². The maximum absolute atomic E-state index is 6.26. The summed E-state index contributed by atoms with van der Waals surface area (Å²) in [5, 5.41) is 3.79. The number of likely N-dealkylation sites (tertiary alicyclic amines) is 1. The topological polar surface area (TPSA) is 16.1 Å². The van der Waals surface area contributed by atoms with E-state index < -0.39 is 0 Å². The van der Waals surface area contributed by atoms with Crippen LogP contribution in [0.1, 0.15) is 44.8 Å². The number of hydrogen-bond acceptors (Lipinski definition) is 3. The van der Waals surface area contributed by atoms with Gasteiger partial charge in [-0.15, -0.1) is 22.9 Å². The number of halogens is 1. The van der Waals surface area contributed by atoms with E-state index >= 15 is 0 Å². The largest absolute Gasteiger partial charge is 0.296 e. The van der Waals surface area contributed by atoms with Gasteiger partial charge in [0.25, 0.3) is 0 Å². The fourth-order valence-corrected chi connectivity index (χ4v) is 3.51. The Kier molecular flexibility index (Phi) is 4.35. The fraction of sp³-hybridized carbons (Fsp3) is 0.786. The second kappa shape index (κ2) is 5.48. The van der Waals surface area contributed by atoms with Crippen molar-refractivity contribution >= 4 is 22.9 Å². The smallest absolute Gasteiger partial charge is 0.107 e. The first-order valence-corrected chi connectivity index (χ1v) is 7.99. The quantitative estimate of drug-likeness (QED) is 0.767. The molecular formula is C14H23ClN2S. The SMILES string of the molecule is CC1CN(Cc2nc(C(C)(C)C)cs2)CCC1Cl. The van der Waals surface area contributed by atoms with Crippen LogP contribution in [0.4, 0.5) is 0 Å². The highest BCUT2D eigenvalue weighted by Crippen LogP contribution is 2.26. The van der Waals surface area contributed by atoms with E-state index in [1.165, 1.54) is 10.7 Å². The summed E-state index contributed by atoms with van der Waals surface area (Å²) in [6, 6.07) is 0. The van der Waals surface area contributed by atoms with Crippen molar-refractivity contribution in [2.24, 2.45) is 5.92 Å². The Morgan fingerprint density at radius 1 is 1.50 bits per heavy atom. The van der Waals surface area contributed by atoms with Gasteiger partial charge in [0.05, 0.1) is 12.2 Å². The third-order valence-electron chi connectivity index (χ3n) is 3.56. The molecule has 0 amide bonds. The maximum atomic E-state index is 6.26. The molecule has 0 aliphatic carbocycles. The van der Waals surface area contributed by atoms with Crippen LogP contribution >= 0.6 is 22.9 Å². The molecule has 2 heterocycles. The summed E-state index contributed by atoms with van der Waals surface area (Å²) in [7, 11) is 0. The zero-order chi connectivity index (χ0) is 13.3. The van der Waals surface area contributed by atoms with Gasteiger partial charge in [-0.25, -0.2) is 4.98 Å². The monoisotopic (exact) mass is 286 g/mol. The predicted octanol–water partition coefficient (Wildman–Crippen LogP) is 3.89. The van der Waals surface area contributed by atoms with Crippen LogP contribution in [0.5, 0.6) is 0 Å². The van der Waals surface area contributed by atoms with Crippen LogP contribution in [0.15, 0.2) is 5.38 Å². The molecule has 0 saturated carbocycles. The second-order valence-corrected chi connectivity index (χ2v) is 7.90. The van der Waals surface area contributed by atoms with E-state index in [0.29, 0.717) is 11.3 Å². The third-order valence-corrected chi connectivity index (χ3v) is 5.05. The van der Waals surface area contributed by atoms with E-state index in [9.17, 15) is 0 Å². The summed E-state index contributed by atoms with van der Waals surface area (Å²) in [5.41, 5.74) is 1.37. The van der Waals surface area contributed by atoms with Crippen molar-refractivity contribution in [2.75, 3.05) is 13.1 Å². The lowest BCUT2D eigenvalue weighted by Gasteiger charge is -2.33. The number of alkyl halides is 1. The van der Waals surface area contributed by atoms with E-state index in [2.05, 4.69) is 38.0 Å². The molecule has 2 atom stereocenters. The van der Waals surface area contributed by atoms with E-state index in [-0.39, 0.29) is 5.41 Å². The van der Waals surface area contributed by atoms with Crippen molar-refractivity contribution in [1.82, 2.24) is 9.88 Å². The van der Waals surface area contributed by atoms with Gasteiger partial charge in [0.15, 0.2) is 0 Å². The zero-order valence-electron chi connectivity index (χ0n) is 11.7. The van der Waals surface area contributed by atoms with Crippen LogP contribution < -0.4 is 0 Å². The predicted molar refractivity (Wildman–Crippen MR) is 79.5 cm³/mol. The van der Waals surface area contributed by atoms with Crippen LogP contribution in [0, 0.1) is 5.92 Å². The van der Waals surface area contributed by atoms with E-state index in [1.807, 2.05) is 0 Å². The molecule has 0 aromatic carbocycles. The van der Waals surface area contributed by atoms with Gasteiger partial charge in [-0.05, 0) is 12.3 Å². The summed E-state index contributed by atoms with van der Waals surface area (Å²) >= 11 is 8.05. The highest BCUT2D eigenvalue weighted by molar-refractivity contribution is 7.09. The minimum atomic E-state index is 0.158. The van der Waals surface area contributed by atoms with Crippen LogP contribution in [-0.4, -0.2) is 28.4 Å². The van der Waals surface area contributed by atoms with E-state index in [4.69, 9.17) is 16.6 Å². The van der Waals surface area contributed by atoms with Crippen molar-refractivity contribution in [3.05, 3.63) is 16.1 Å². The third kappa shape index (κ3) is 3.46. The van der Waals surface area contributed by atoms with Gasteiger partial charge in [0.1, 0.15) is 5.01 Å². The molecule has 1 saturated heterocycles. The van der Waals surface area contributed by atoms with Gasteiger partial charge in [-0.1, -0.05) is 27.7 Å². The van der Waals surface area contributed by atoms with Crippen LogP contribution in [0.3, 0.4) is 0 Å². The van der Waals surface area contributed by atoms with Gasteiger partial charge in [0, 0.05) is 29.3 Å². The first kappa shape index (κ1) is 14.3. The molecule has 4 heteroatoms. The minimum Gasteiger partial charge on any atom is -0.296 e. The number of thiazole rings is 1. The lowest BCUT2D eigenvalue weighted by atomic mass is 9.93. The van der Waals surface area contributed by atoms with Gasteiger partial charge < -0.3 is 0 Å².